The highest BCUT2D eigenvalue weighted by molar-refractivity contribution is 5.95. The highest BCUT2D eigenvalue weighted by Gasteiger charge is 2.23. The smallest absolute Gasteiger partial charge is 0.253 e. The SMILES string of the molecule is O=C1CCc2cc(N3CCN(C(=O)c4ccccc4)CC3)ccc2N1. The lowest BCUT2D eigenvalue weighted by Gasteiger charge is -2.36. The van der Waals surface area contributed by atoms with Crippen LogP contribution < -0.4 is 10.2 Å². The summed E-state index contributed by atoms with van der Waals surface area (Å²) in [6.07, 6.45) is 1.34. The fourth-order valence-electron chi connectivity index (χ4n) is 3.50. The first-order chi connectivity index (χ1) is 12.2. The number of benzene rings is 2. The predicted molar refractivity (Wildman–Crippen MR) is 98.0 cm³/mol. The Kier molecular flexibility index (Phi) is 4.14. The van der Waals surface area contributed by atoms with Crippen molar-refractivity contribution in [1.29, 1.82) is 0 Å². The molecule has 0 unspecified atom stereocenters. The standard InChI is InChI=1S/C20H21N3O2/c24-19-9-6-16-14-17(7-8-18(16)21-19)22-10-12-23(13-11-22)20(25)15-4-2-1-3-5-15/h1-5,7-8,14H,6,9-13H2,(H,21,24). The lowest BCUT2D eigenvalue weighted by atomic mass is 10.0. The van der Waals surface area contributed by atoms with Crippen LogP contribution >= 0.6 is 0 Å². The molecule has 0 saturated carbocycles. The Bertz CT molecular complexity index is 796. The number of hydrogen-bond acceptors (Lipinski definition) is 3. The van der Waals surface area contributed by atoms with Crippen LogP contribution in [-0.4, -0.2) is 42.9 Å². The van der Waals surface area contributed by atoms with Crippen molar-refractivity contribution in [2.75, 3.05) is 36.4 Å². The average molecular weight is 335 g/mol. The number of hydrogen-bond donors (Lipinski definition) is 1. The van der Waals surface area contributed by atoms with E-state index in [-0.39, 0.29) is 11.8 Å². The molecule has 2 amide bonds. The van der Waals surface area contributed by atoms with Crippen molar-refractivity contribution in [2.45, 2.75) is 12.8 Å². The summed E-state index contributed by atoms with van der Waals surface area (Å²) in [5.41, 5.74) is 4.04. The van der Waals surface area contributed by atoms with Crippen molar-refractivity contribution in [3.63, 3.8) is 0 Å². The van der Waals surface area contributed by atoms with Crippen molar-refractivity contribution < 1.29 is 9.59 Å². The summed E-state index contributed by atoms with van der Waals surface area (Å²) < 4.78 is 0. The summed E-state index contributed by atoms with van der Waals surface area (Å²) in [6.45, 7) is 3.09. The van der Waals surface area contributed by atoms with Crippen molar-refractivity contribution in [1.82, 2.24) is 4.90 Å². The first-order valence-electron chi connectivity index (χ1n) is 8.73. The molecule has 0 aromatic heterocycles. The van der Waals surface area contributed by atoms with Crippen LogP contribution in [0.15, 0.2) is 48.5 Å². The van der Waals surface area contributed by atoms with Gasteiger partial charge < -0.3 is 15.1 Å². The zero-order chi connectivity index (χ0) is 17.2. The molecule has 1 N–H and O–H groups in total. The molecule has 4 rings (SSSR count). The van der Waals surface area contributed by atoms with Crippen LogP contribution in [0.25, 0.3) is 0 Å². The van der Waals surface area contributed by atoms with Gasteiger partial charge >= 0.3 is 0 Å². The Morgan fingerprint density at radius 1 is 0.920 bits per heavy atom. The zero-order valence-corrected chi connectivity index (χ0v) is 14.1. The van der Waals surface area contributed by atoms with Gasteiger partial charge in [-0.3, -0.25) is 9.59 Å². The fourth-order valence-corrected chi connectivity index (χ4v) is 3.50. The summed E-state index contributed by atoms with van der Waals surface area (Å²) in [7, 11) is 0. The molecule has 0 radical (unpaired) electrons. The van der Waals surface area contributed by atoms with Gasteiger partial charge in [0.2, 0.25) is 5.91 Å². The van der Waals surface area contributed by atoms with Crippen LogP contribution in [0.1, 0.15) is 22.3 Å². The summed E-state index contributed by atoms with van der Waals surface area (Å²) in [5, 5.41) is 2.92. The van der Waals surface area contributed by atoms with Gasteiger partial charge in [-0.25, -0.2) is 0 Å². The van der Waals surface area contributed by atoms with Gasteiger partial charge in [0.25, 0.3) is 5.91 Å². The number of piperazine rings is 1. The molecule has 2 aromatic carbocycles. The van der Waals surface area contributed by atoms with E-state index in [1.807, 2.05) is 41.3 Å². The largest absolute Gasteiger partial charge is 0.368 e. The molecule has 25 heavy (non-hydrogen) atoms. The summed E-state index contributed by atoms with van der Waals surface area (Å²) in [4.78, 5) is 28.2. The van der Waals surface area contributed by atoms with Crippen LogP contribution in [0.3, 0.4) is 0 Å². The third-order valence-corrected chi connectivity index (χ3v) is 4.94. The zero-order valence-electron chi connectivity index (χ0n) is 14.1. The third-order valence-electron chi connectivity index (χ3n) is 4.94. The molecule has 2 aromatic rings. The molecule has 5 heteroatoms. The Labute approximate surface area is 147 Å². The first-order valence-corrected chi connectivity index (χ1v) is 8.73. The number of nitrogens with one attached hydrogen (secondary N) is 1. The fraction of sp³-hybridized carbons (Fsp3) is 0.300. The second kappa shape index (κ2) is 6.59. The van der Waals surface area contributed by atoms with Gasteiger partial charge in [-0.05, 0) is 42.3 Å². The van der Waals surface area contributed by atoms with Gasteiger partial charge in [0, 0.05) is 49.5 Å². The van der Waals surface area contributed by atoms with E-state index in [4.69, 9.17) is 0 Å². The van der Waals surface area contributed by atoms with Crippen LogP contribution in [0.2, 0.25) is 0 Å². The van der Waals surface area contributed by atoms with E-state index < -0.39 is 0 Å². The van der Waals surface area contributed by atoms with Gasteiger partial charge in [0.15, 0.2) is 0 Å². The first kappa shape index (κ1) is 15.7. The van der Waals surface area contributed by atoms with E-state index >= 15 is 0 Å². The molecular formula is C20H21N3O2. The van der Waals surface area contributed by atoms with Crippen LogP contribution in [0.4, 0.5) is 11.4 Å². The highest BCUT2D eigenvalue weighted by atomic mass is 16.2. The van der Waals surface area contributed by atoms with Crippen molar-refractivity contribution in [3.05, 3.63) is 59.7 Å². The molecule has 5 nitrogen and oxygen atoms in total. The normalized spacial score (nSPS) is 17.0. The number of amides is 2. The Balaban J connectivity index is 1.42. The molecule has 0 bridgehead atoms. The number of nitrogens with zero attached hydrogens (tertiary/aromatic N) is 2. The van der Waals surface area contributed by atoms with E-state index in [9.17, 15) is 9.59 Å². The number of carbonyl (C=O) groups excluding carboxylic acids is 2. The topological polar surface area (TPSA) is 52.7 Å². The van der Waals surface area contributed by atoms with E-state index in [1.54, 1.807) is 0 Å². The molecule has 1 fully saturated rings. The van der Waals surface area contributed by atoms with Gasteiger partial charge in [-0.15, -0.1) is 0 Å². The number of aryl methyl sites for hydroxylation is 1. The molecule has 1 saturated heterocycles. The average Bonchev–Trinajstić information content (AvgIpc) is 2.68. The maximum atomic E-state index is 12.5. The Hall–Kier alpha value is -2.82. The van der Waals surface area contributed by atoms with E-state index in [0.717, 1.165) is 43.9 Å². The number of fused-ring (bicyclic) bond motifs is 1. The van der Waals surface area contributed by atoms with Crippen LogP contribution in [0, 0.1) is 0 Å². The maximum absolute atomic E-state index is 12.5. The molecule has 2 aliphatic rings. The molecule has 0 aliphatic carbocycles. The predicted octanol–water partition coefficient (Wildman–Crippen LogP) is 2.53. The molecule has 2 heterocycles. The Morgan fingerprint density at radius 2 is 1.68 bits per heavy atom. The van der Waals surface area contributed by atoms with Gasteiger partial charge in [-0.1, -0.05) is 18.2 Å². The van der Waals surface area contributed by atoms with E-state index in [2.05, 4.69) is 22.3 Å². The number of carbonyl (C=O) groups is 2. The molecular weight excluding hydrogens is 314 g/mol. The summed E-state index contributed by atoms with van der Waals surface area (Å²) in [5.74, 6) is 0.196. The monoisotopic (exact) mass is 335 g/mol. The third kappa shape index (κ3) is 3.22. The molecule has 2 aliphatic heterocycles. The highest BCUT2D eigenvalue weighted by Crippen LogP contribution is 2.28. The molecule has 0 atom stereocenters. The number of anilines is 2. The minimum absolute atomic E-state index is 0.0910. The van der Waals surface area contributed by atoms with Crippen LogP contribution in [0.5, 0.6) is 0 Å². The Morgan fingerprint density at radius 3 is 2.44 bits per heavy atom. The van der Waals surface area contributed by atoms with Crippen LogP contribution in [-0.2, 0) is 11.2 Å². The van der Waals surface area contributed by atoms with Crippen molar-refractivity contribution >= 4 is 23.2 Å². The van der Waals surface area contributed by atoms with Crippen molar-refractivity contribution in [3.8, 4) is 0 Å². The van der Waals surface area contributed by atoms with E-state index in [0.29, 0.717) is 6.42 Å². The van der Waals surface area contributed by atoms with Crippen molar-refractivity contribution in [2.24, 2.45) is 0 Å². The minimum atomic E-state index is 0.0910. The second-order valence-electron chi connectivity index (χ2n) is 6.53. The van der Waals surface area contributed by atoms with Gasteiger partial charge in [-0.2, -0.15) is 0 Å². The van der Waals surface area contributed by atoms with E-state index in [1.165, 1.54) is 11.3 Å². The second-order valence-corrected chi connectivity index (χ2v) is 6.53. The van der Waals surface area contributed by atoms with Gasteiger partial charge in [0.1, 0.15) is 0 Å². The summed E-state index contributed by atoms with van der Waals surface area (Å²) >= 11 is 0. The lowest BCUT2D eigenvalue weighted by molar-refractivity contribution is -0.116. The molecule has 128 valence electrons. The quantitative estimate of drug-likeness (QED) is 0.918. The minimum Gasteiger partial charge on any atom is -0.368 e. The maximum Gasteiger partial charge on any atom is 0.253 e. The molecule has 0 spiro atoms. The lowest BCUT2D eigenvalue weighted by Crippen LogP contribution is -2.48. The number of rotatable bonds is 2. The van der Waals surface area contributed by atoms with Gasteiger partial charge in [0.05, 0.1) is 0 Å². The summed E-state index contributed by atoms with van der Waals surface area (Å²) in [6, 6.07) is 15.7.